The molecule has 0 saturated carbocycles. The average molecular weight is 249 g/mol. The van der Waals surface area contributed by atoms with Crippen LogP contribution < -0.4 is 11.1 Å². The highest BCUT2D eigenvalue weighted by Crippen LogP contribution is 2.19. The SMILES string of the molecule is CC1(NCc2ccccc2/C(N)=N/O)CCOC1. The van der Waals surface area contributed by atoms with Crippen LogP contribution in [0, 0.1) is 0 Å². The molecule has 1 atom stereocenters. The minimum atomic E-state index is 0.0121. The first-order valence-corrected chi connectivity index (χ1v) is 6.03. The summed E-state index contributed by atoms with van der Waals surface area (Å²) < 4.78 is 5.40. The number of ether oxygens (including phenoxy) is 1. The van der Waals surface area contributed by atoms with E-state index in [0.717, 1.165) is 30.8 Å². The summed E-state index contributed by atoms with van der Waals surface area (Å²) >= 11 is 0. The Balaban J connectivity index is 2.09. The summed E-state index contributed by atoms with van der Waals surface area (Å²) in [4.78, 5) is 0. The number of nitrogens with zero attached hydrogens (tertiary/aromatic N) is 1. The maximum absolute atomic E-state index is 8.77. The maximum atomic E-state index is 8.77. The average Bonchev–Trinajstić information content (AvgIpc) is 2.83. The summed E-state index contributed by atoms with van der Waals surface area (Å²) in [5, 5.41) is 15.3. The lowest BCUT2D eigenvalue weighted by Gasteiger charge is -2.24. The molecular weight excluding hydrogens is 230 g/mol. The van der Waals surface area contributed by atoms with Crippen LogP contribution in [0.25, 0.3) is 0 Å². The van der Waals surface area contributed by atoms with Gasteiger partial charge in [0.05, 0.1) is 6.61 Å². The second-order valence-electron chi connectivity index (χ2n) is 4.86. The van der Waals surface area contributed by atoms with Crippen LogP contribution in [0.3, 0.4) is 0 Å². The highest BCUT2D eigenvalue weighted by atomic mass is 16.5. The first-order chi connectivity index (χ1) is 8.64. The van der Waals surface area contributed by atoms with Gasteiger partial charge < -0.3 is 21.0 Å². The van der Waals surface area contributed by atoms with Crippen LogP contribution in [-0.2, 0) is 11.3 Å². The lowest BCUT2D eigenvalue weighted by atomic mass is 10.00. The first kappa shape index (κ1) is 12.9. The van der Waals surface area contributed by atoms with E-state index >= 15 is 0 Å². The molecule has 0 bridgehead atoms. The number of nitrogens with two attached hydrogens (primary N) is 1. The number of oxime groups is 1. The summed E-state index contributed by atoms with van der Waals surface area (Å²) in [7, 11) is 0. The van der Waals surface area contributed by atoms with Crippen molar-refractivity contribution >= 4 is 5.84 Å². The first-order valence-electron chi connectivity index (χ1n) is 6.03. The van der Waals surface area contributed by atoms with E-state index in [9.17, 15) is 0 Å². The zero-order chi connectivity index (χ0) is 13.0. The molecule has 1 aliphatic heterocycles. The molecule has 0 aromatic heterocycles. The fourth-order valence-electron chi connectivity index (χ4n) is 2.09. The number of rotatable bonds is 4. The molecule has 5 heteroatoms. The van der Waals surface area contributed by atoms with Crippen LogP contribution in [0.1, 0.15) is 24.5 Å². The lowest BCUT2D eigenvalue weighted by molar-refractivity contribution is 0.171. The minimum Gasteiger partial charge on any atom is -0.409 e. The molecule has 18 heavy (non-hydrogen) atoms. The molecule has 1 saturated heterocycles. The van der Waals surface area contributed by atoms with E-state index in [1.54, 1.807) is 0 Å². The van der Waals surface area contributed by atoms with Crippen molar-refractivity contribution in [2.24, 2.45) is 10.9 Å². The van der Waals surface area contributed by atoms with E-state index in [1.807, 2.05) is 24.3 Å². The Morgan fingerprint density at radius 2 is 2.33 bits per heavy atom. The van der Waals surface area contributed by atoms with E-state index in [0.29, 0.717) is 6.54 Å². The van der Waals surface area contributed by atoms with Crippen LogP contribution in [0.2, 0.25) is 0 Å². The fourth-order valence-corrected chi connectivity index (χ4v) is 2.09. The zero-order valence-corrected chi connectivity index (χ0v) is 10.5. The van der Waals surface area contributed by atoms with E-state index in [4.69, 9.17) is 15.7 Å². The Kier molecular flexibility index (Phi) is 3.84. The Hall–Kier alpha value is -1.59. The number of hydrogen-bond donors (Lipinski definition) is 3. The van der Waals surface area contributed by atoms with Gasteiger partial charge in [-0.25, -0.2) is 0 Å². The number of nitrogens with one attached hydrogen (secondary N) is 1. The molecule has 0 spiro atoms. The summed E-state index contributed by atoms with van der Waals surface area (Å²) in [6.07, 6.45) is 0.999. The molecule has 0 radical (unpaired) electrons. The van der Waals surface area contributed by atoms with E-state index in [2.05, 4.69) is 17.4 Å². The largest absolute Gasteiger partial charge is 0.409 e. The van der Waals surface area contributed by atoms with Crippen molar-refractivity contribution in [3.05, 3.63) is 35.4 Å². The highest BCUT2D eigenvalue weighted by molar-refractivity contribution is 5.98. The minimum absolute atomic E-state index is 0.0121. The zero-order valence-electron chi connectivity index (χ0n) is 10.5. The topological polar surface area (TPSA) is 79.9 Å². The van der Waals surface area contributed by atoms with Gasteiger partial charge in [0, 0.05) is 24.3 Å². The molecule has 0 amide bonds. The van der Waals surface area contributed by atoms with Gasteiger partial charge in [0.2, 0.25) is 0 Å². The van der Waals surface area contributed by atoms with E-state index < -0.39 is 0 Å². The van der Waals surface area contributed by atoms with Crippen molar-refractivity contribution in [1.82, 2.24) is 5.32 Å². The van der Waals surface area contributed by atoms with Crippen molar-refractivity contribution in [2.45, 2.75) is 25.4 Å². The van der Waals surface area contributed by atoms with Crippen LogP contribution in [0.5, 0.6) is 0 Å². The molecule has 1 fully saturated rings. The monoisotopic (exact) mass is 249 g/mol. The van der Waals surface area contributed by atoms with Gasteiger partial charge in [0.15, 0.2) is 5.84 Å². The van der Waals surface area contributed by atoms with Crippen molar-refractivity contribution in [2.75, 3.05) is 13.2 Å². The van der Waals surface area contributed by atoms with Crippen molar-refractivity contribution in [3.8, 4) is 0 Å². The highest BCUT2D eigenvalue weighted by Gasteiger charge is 2.28. The Labute approximate surface area is 107 Å². The molecule has 5 nitrogen and oxygen atoms in total. The van der Waals surface area contributed by atoms with Gasteiger partial charge in [-0.15, -0.1) is 0 Å². The number of hydrogen-bond acceptors (Lipinski definition) is 4. The van der Waals surface area contributed by atoms with Gasteiger partial charge in [-0.1, -0.05) is 29.4 Å². The third kappa shape index (κ3) is 2.80. The molecule has 0 aliphatic carbocycles. The normalized spacial score (nSPS) is 24.4. The fraction of sp³-hybridized carbons (Fsp3) is 0.462. The number of amidine groups is 1. The summed E-state index contributed by atoms with van der Waals surface area (Å²) in [6.45, 7) is 4.34. The third-order valence-corrected chi connectivity index (χ3v) is 3.33. The molecule has 1 aromatic carbocycles. The van der Waals surface area contributed by atoms with Crippen LogP contribution in [0.4, 0.5) is 0 Å². The second-order valence-corrected chi connectivity index (χ2v) is 4.86. The smallest absolute Gasteiger partial charge is 0.170 e. The standard InChI is InChI=1S/C13H19N3O2/c1-13(6-7-18-9-13)15-8-10-4-2-3-5-11(10)12(14)16-17/h2-5,15,17H,6-9H2,1H3,(H2,14,16). The maximum Gasteiger partial charge on any atom is 0.170 e. The predicted octanol–water partition coefficient (Wildman–Crippen LogP) is 1.05. The molecule has 98 valence electrons. The predicted molar refractivity (Wildman–Crippen MR) is 69.6 cm³/mol. The Bertz CT molecular complexity index is 440. The van der Waals surface area contributed by atoms with Crippen molar-refractivity contribution in [1.29, 1.82) is 0 Å². The van der Waals surface area contributed by atoms with Crippen molar-refractivity contribution in [3.63, 3.8) is 0 Å². The van der Waals surface area contributed by atoms with Gasteiger partial charge in [0.25, 0.3) is 0 Å². The Morgan fingerprint density at radius 3 is 3.00 bits per heavy atom. The quantitative estimate of drug-likeness (QED) is 0.322. The third-order valence-electron chi connectivity index (χ3n) is 3.33. The van der Waals surface area contributed by atoms with Crippen LogP contribution in [0.15, 0.2) is 29.4 Å². The van der Waals surface area contributed by atoms with Crippen LogP contribution >= 0.6 is 0 Å². The molecule has 2 rings (SSSR count). The van der Waals surface area contributed by atoms with Crippen molar-refractivity contribution < 1.29 is 9.94 Å². The molecule has 1 aliphatic rings. The van der Waals surface area contributed by atoms with E-state index in [1.165, 1.54) is 0 Å². The Morgan fingerprint density at radius 1 is 1.56 bits per heavy atom. The molecule has 1 aromatic rings. The molecule has 4 N–H and O–H groups in total. The van der Waals surface area contributed by atoms with Gasteiger partial charge in [0.1, 0.15) is 0 Å². The second kappa shape index (κ2) is 5.37. The van der Waals surface area contributed by atoms with Gasteiger partial charge in [-0.2, -0.15) is 0 Å². The van der Waals surface area contributed by atoms with Gasteiger partial charge >= 0.3 is 0 Å². The summed E-state index contributed by atoms with van der Waals surface area (Å²) in [5.41, 5.74) is 7.45. The van der Waals surface area contributed by atoms with Crippen LogP contribution in [-0.4, -0.2) is 29.8 Å². The summed E-state index contributed by atoms with van der Waals surface area (Å²) in [5.74, 6) is 0.139. The molecular formula is C13H19N3O2. The summed E-state index contributed by atoms with van der Waals surface area (Å²) in [6, 6.07) is 7.63. The van der Waals surface area contributed by atoms with Gasteiger partial charge in [-0.05, 0) is 18.9 Å². The van der Waals surface area contributed by atoms with Gasteiger partial charge in [-0.3, -0.25) is 0 Å². The number of benzene rings is 1. The van der Waals surface area contributed by atoms with E-state index in [-0.39, 0.29) is 11.4 Å². The lowest BCUT2D eigenvalue weighted by Crippen LogP contribution is -2.42. The molecule has 1 unspecified atom stereocenters. The molecule has 1 heterocycles.